The van der Waals surface area contributed by atoms with Crippen LogP contribution >= 0.6 is 0 Å². The van der Waals surface area contributed by atoms with Gasteiger partial charge in [-0.1, -0.05) is 12.5 Å². The van der Waals surface area contributed by atoms with Crippen molar-refractivity contribution in [3.8, 4) is 28.7 Å². The van der Waals surface area contributed by atoms with E-state index in [1.807, 2.05) is 6.07 Å². The van der Waals surface area contributed by atoms with E-state index >= 15 is 0 Å². The Morgan fingerprint density at radius 2 is 2.07 bits per heavy atom. The third-order valence-corrected chi connectivity index (χ3v) is 6.29. The first-order valence-corrected chi connectivity index (χ1v) is 9.86. The fourth-order valence-electron chi connectivity index (χ4n) is 4.51. The van der Waals surface area contributed by atoms with Gasteiger partial charge in [-0.3, -0.25) is 9.88 Å². The standard InChI is InChI=1S/C23H22N4O2/c1-29-19-7-2-4-13(10-24)20(19)15-8-9-18(28)21-22(25)16-11-27(14-5-3-6-14)12-17(16)26-23(15)21/h2,4,7-9,14,28H,3,5-6,11-12H2,1H3,(H2,25,26). The van der Waals surface area contributed by atoms with Gasteiger partial charge >= 0.3 is 0 Å². The number of benzene rings is 2. The van der Waals surface area contributed by atoms with Crippen LogP contribution in [-0.2, 0) is 13.1 Å². The molecule has 0 atom stereocenters. The van der Waals surface area contributed by atoms with E-state index in [1.54, 1.807) is 31.4 Å². The monoisotopic (exact) mass is 386 g/mol. The highest BCUT2D eigenvalue weighted by Crippen LogP contribution is 2.44. The lowest BCUT2D eigenvalue weighted by atomic mass is 9.92. The van der Waals surface area contributed by atoms with Gasteiger partial charge in [-0.25, -0.2) is 0 Å². The van der Waals surface area contributed by atoms with Gasteiger partial charge in [0.05, 0.1) is 41.0 Å². The number of phenolic OH excluding ortho intramolecular Hbond substituents is 1. The van der Waals surface area contributed by atoms with Gasteiger partial charge in [0.1, 0.15) is 11.5 Å². The van der Waals surface area contributed by atoms with Crippen molar-refractivity contribution in [2.75, 3.05) is 12.8 Å². The summed E-state index contributed by atoms with van der Waals surface area (Å²) in [6.45, 7) is 1.54. The van der Waals surface area contributed by atoms with Crippen LogP contribution in [-0.4, -0.2) is 28.1 Å². The van der Waals surface area contributed by atoms with Gasteiger partial charge in [-0.15, -0.1) is 0 Å². The maximum absolute atomic E-state index is 10.6. The van der Waals surface area contributed by atoms with Crippen LogP contribution in [0.2, 0.25) is 0 Å². The molecule has 5 rings (SSSR count). The summed E-state index contributed by atoms with van der Waals surface area (Å²) in [5, 5.41) is 20.8. The number of pyridine rings is 1. The summed E-state index contributed by atoms with van der Waals surface area (Å²) in [7, 11) is 1.58. The molecule has 6 nitrogen and oxygen atoms in total. The second-order valence-corrected chi connectivity index (χ2v) is 7.79. The molecule has 0 unspecified atom stereocenters. The summed E-state index contributed by atoms with van der Waals surface area (Å²) in [4.78, 5) is 7.38. The number of nitrogen functional groups attached to an aromatic ring is 1. The van der Waals surface area contributed by atoms with Crippen LogP contribution in [0.4, 0.5) is 5.69 Å². The zero-order valence-corrected chi connectivity index (χ0v) is 16.3. The van der Waals surface area contributed by atoms with E-state index in [0.717, 1.165) is 29.9 Å². The van der Waals surface area contributed by atoms with Crippen molar-refractivity contribution in [1.29, 1.82) is 5.26 Å². The highest BCUT2D eigenvalue weighted by Gasteiger charge is 2.33. The van der Waals surface area contributed by atoms with E-state index in [9.17, 15) is 10.4 Å². The number of hydrogen-bond acceptors (Lipinski definition) is 6. The van der Waals surface area contributed by atoms with Crippen molar-refractivity contribution >= 4 is 16.6 Å². The molecule has 2 heterocycles. The molecule has 0 bridgehead atoms. The molecule has 3 N–H and O–H groups in total. The summed E-state index contributed by atoms with van der Waals surface area (Å²) in [6, 6.07) is 11.6. The van der Waals surface area contributed by atoms with Crippen molar-refractivity contribution in [2.45, 2.75) is 38.4 Å². The third-order valence-electron chi connectivity index (χ3n) is 6.29. The van der Waals surface area contributed by atoms with E-state index < -0.39 is 0 Å². The number of nitriles is 1. The number of hydrogen-bond donors (Lipinski definition) is 2. The number of nitrogens with zero attached hydrogens (tertiary/aromatic N) is 3. The van der Waals surface area contributed by atoms with Gasteiger partial charge in [0.25, 0.3) is 0 Å². The van der Waals surface area contributed by atoms with Gasteiger partial charge in [-0.05, 0) is 37.1 Å². The normalized spacial score (nSPS) is 16.4. The molecule has 1 aliphatic heterocycles. The van der Waals surface area contributed by atoms with Gasteiger partial charge in [0.15, 0.2) is 0 Å². The Kier molecular flexibility index (Phi) is 4.07. The molecule has 3 aromatic rings. The molecule has 146 valence electrons. The maximum Gasteiger partial charge on any atom is 0.128 e. The lowest BCUT2D eigenvalue weighted by Crippen LogP contribution is -2.36. The number of anilines is 1. The quantitative estimate of drug-likeness (QED) is 0.708. The van der Waals surface area contributed by atoms with Crippen LogP contribution in [0.15, 0.2) is 30.3 Å². The van der Waals surface area contributed by atoms with Crippen LogP contribution in [0.1, 0.15) is 36.1 Å². The Labute approximate surface area is 169 Å². The number of nitrogens with two attached hydrogens (primary N) is 1. The van der Waals surface area contributed by atoms with Crippen molar-refractivity contribution in [3.05, 3.63) is 47.2 Å². The molecule has 1 aromatic heterocycles. The molecule has 0 saturated heterocycles. The number of aromatic hydroxyl groups is 1. The number of fused-ring (bicyclic) bond motifs is 2. The van der Waals surface area contributed by atoms with E-state index in [2.05, 4.69) is 11.0 Å². The minimum Gasteiger partial charge on any atom is -0.507 e. The predicted octanol–water partition coefficient (Wildman–Crippen LogP) is 3.94. The third kappa shape index (κ3) is 2.62. The lowest BCUT2D eigenvalue weighted by Gasteiger charge is -2.34. The van der Waals surface area contributed by atoms with Crippen molar-refractivity contribution in [1.82, 2.24) is 9.88 Å². The van der Waals surface area contributed by atoms with Gasteiger partial charge < -0.3 is 15.6 Å². The van der Waals surface area contributed by atoms with E-state index in [4.69, 9.17) is 15.5 Å². The fourth-order valence-corrected chi connectivity index (χ4v) is 4.51. The number of phenols is 1. The van der Waals surface area contributed by atoms with Crippen LogP contribution in [0.3, 0.4) is 0 Å². The zero-order valence-electron chi connectivity index (χ0n) is 16.3. The highest BCUT2D eigenvalue weighted by atomic mass is 16.5. The lowest BCUT2D eigenvalue weighted by molar-refractivity contribution is 0.126. The first-order chi connectivity index (χ1) is 14.1. The van der Waals surface area contributed by atoms with Gasteiger partial charge in [0, 0.05) is 35.8 Å². The minimum absolute atomic E-state index is 0.104. The van der Waals surface area contributed by atoms with Crippen molar-refractivity contribution in [2.24, 2.45) is 0 Å². The number of ether oxygens (including phenoxy) is 1. The van der Waals surface area contributed by atoms with Crippen LogP contribution in [0.25, 0.3) is 22.0 Å². The summed E-state index contributed by atoms with van der Waals surface area (Å²) in [6.07, 6.45) is 3.71. The molecule has 0 radical (unpaired) electrons. The molecular formula is C23H22N4O2. The first kappa shape index (κ1) is 17.8. The van der Waals surface area contributed by atoms with E-state index in [0.29, 0.717) is 39.5 Å². The largest absolute Gasteiger partial charge is 0.507 e. The average molecular weight is 386 g/mol. The molecule has 0 spiro atoms. The Balaban J connectivity index is 1.76. The molecule has 6 heteroatoms. The zero-order chi connectivity index (χ0) is 20.1. The van der Waals surface area contributed by atoms with Crippen molar-refractivity contribution in [3.63, 3.8) is 0 Å². The second kappa shape index (κ2) is 6.64. The Morgan fingerprint density at radius 1 is 1.24 bits per heavy atom. The van der Waals surface area contributed by atoms with Gasteiger partial charge in [0.2, 0.25) is 0 Å². The summed E-state index contributed by atoms with van der Waals surface area (Å²) < 4.78 is 5.53. The molecule has 1 aliphatic carbocycles. The molecular weight excluding hydrogens is 364 g/mol. The Morgan fingerprint density at radius 3 is 2.76 bits per heavy atom. The molecule has 0 amide bonds. The fraction of sp³-hybridized carbons (Fsp3) is 0.304. The molecule has 1 saturated carbocycles. The van der Waals surface area contributed by atoms with Crippen LogP contribution < -0.4 is 10.5 Å². The van der Waals surface area contributed by atoms with Crippen molar-refractivity contribution < 1.29 is 9.84 Å². The smallest absolute Gasteiger partial charge is 0.128 e. The molecule has 29 heavy (non-hydrogen) atoms. The second-order valence-electron chi connectivity index (χ2n) is 7.79. The van der Waals surface area contributed by atoms with Gasteiger partial charge in [-0.2, -0.15) is 5.26 Å². The molecule has 2 aliphatic rings. The molecule has 1 fully saturated rings. The maximum atomic E-state index is 10.6. The van der Waals surface area contributed by atoms with E-state index in [-0.39, 0.29) is 5.75 Å². The van der Waals surface area contributed by atoms with E-state index in [1.165, 1.54) is 19.3 Å². The number of rotatable bonds is 3. The Hall–Kier alpha value is -3.30. The predicted molar refractivity (Wildman–Crippen MR) is 111 cm³/mol. The number of methoxy groups -OCH3 is 1. The summed E-state index contributed by atoms with van der Waals surface area (Å²) >= 11 is 0. The van der Waals surface area contributed by atoms with Crippen LogP contribution in [0, 0.1) is 11.3 Å². The Bertz CT molecular complexity index is 1180. The molecule has 2 aromatic carbocycles. The first-order valence-electron chi connectivity index (χ1n) is 9.86. The SMILES string of the molecule is COc1cccc(C#N)c1-c1ccc(O)c2c(N)c3c(nc12)CN(C1CCC1)C3. The topological polar surface area (TPSA) is 95.4 Å². The average Bonchev–Trinajstić information content (AvgIpc) is 3.10. The highest BCUT2D eigenvalue weighted by molar-refractivity contribution is 6.06. The van der Waals surface area contributed by atoms with Crippen LogP contribution in [0.5, 0.6) is 11.5 Å². The summed E-state index contributed by atoms with van der Waals surface area (Å²) in [5.74, 6) is 0.694. The minimum atomic E-state index is 0.104. The number of aromatic nitrogens is 1. The summed E-state index contributed by atoms with van der Waals surface area (Å²) in [5.41, 5.74) is 11.6.